The molecule has 37 heavy (non-hydrogen) atoms. The molecule has 3 aromatic carbocycles. The second kappa shape index (κ2) is 12.0. The molecule has 0 unspecified atom stereocenters. The fourth-order valence-corrected chi connectivity index (χ4v) is 5.32. The van der Waals surface area contributed by atoms with Crippen molar-refractivity contribution in [3.8, 4) is 16.9 Å². The molecule has 0 atom stereocenters. The maximum absolute atomic E-state index is 13.2. The Morgan fingerprint density at radius 2 is 1.70 bits per heavy atom. The van der Waals surface area contributed by atoms with Gasteiger partial charge < -0.3 is 14.8 Å². The van der Waals surface area contributed by atoms with Gasteiger partial charge >= 0.3 is 0 Å². The SMILES string of the molecule is CSc1ccc(-c2ccc3c(c2)C=C(C(=O)Nc2ccc(CN(C)C4CCOCC4)cc2)CCO3)cc1. The number of thioether (sulfide) groups is 1. The minimum absolute atomic E-state index is 0.0850. The summed E-state index contributed by atoms with van der Waals surface area (Å²) in [6.45, 7) is 3.06. The molecular weight excluding hydrogens is 480 g/mol. The predicted octanol–water partition coefficient (Wildman–Crippen LogP) is 6.49. The lowest BCUT2D eigenvalue weighted by Crippen LogP contribution is -2.36. The number of fused-ring (bicyclic) bond motifs is 1. The van der Waals surface area contributed by atoms with E-state index in [-0.39, 0.29) is 5.91 Å². The van der Waals surface area contributed by atoms with Gasteiger partial charge in [-0.2, -0.15) is 0 Å². The Morgan fingerprint density at radius 1 is 0.973 bits per heavy atom. The summed E-state index contributed by atoms with van der Waals surface area (Å²) in [6, 6.07) is 23.4. The van der Waals surface area contributed by atoms with Gasteiger partial charge in [-0.25, -0.2) is 0 Å². The van der Waals surface area contributed by atoms with Crippen LogP contribution >= 0.6 is 11.8 Å². The lowest BCUT2D eigenvalue weighted by atomic mass is 10.0. The molecule has 2 aliphatic heterocycles. The van der Waals surface area contributed by atoms with Gasteiger partial charge in [-0.05, 0) is 85.3 Å². The van der Waals surface area contributed by atoms with Crippen LogP contribution in [0.1, 0.15) is 30.4 Å². The Balaban J connectivity index is 1.26. The van der Waals surface area contributed by atoms with Crippen LogP contribution < -0.4 is 10.1 Å². The zero-order valence-electron chi connectivity index (χ0n) is 21.5. The minimum atomic E-state index is -0.0850. The van der Waals surface area contributed by atoms with E-state index in [9.17, 15) is 4.79 Å². The van der Waals surface area contributed by atoms with Gasteiger partial charge in [-0.1, -0.05) is 30.3 Å². The average Bonchev–Trinajstić information content (AvgIpc) is 3.17. The number of nitrogens with one attached hydrogen (secondary N) is 1. The van der Waals surface area contributed by atoms with E-state index in [0.29, 0.717) is 19.1 Å². The minimum Gasteiger partial charge on any atom is -0.493 e. The van der Waals surface area contributed by atoms with Crippen molar-refractivity contribution in [2.75, 3.05) is 38.4 Å². The number of amides is 1. The zero-order chi connectivity index (χ0) is 25.6. The normalized spacial score (nSPS) is 15.9. The van der Waals surface area contributed by atoms with Crippen LogP contribution in [0, 0.1) is 0 Å². The quantitative estimate of drug-likeness (QED) is 0.365. The number of nitrogens with zero attached hydrogens (tertiary/aromatic N) is 1. The maximum atomic E-state index is 13.2. The molecule has 0 saturated carbocycles. The summed E-state index contributed by atoms with van der Waals surface area (Å²) in [5.41, 5.74) is 5.94. The Hall–Kier alpha value is -3.06. The van der Waals surface area contributed by atoms with Crippen molar-refractivity contribution in [2.24, 2.45) is 0 Å². The van der Waals surface area contributed by atoms with Gasteiger partial charge in [0.05, 0.1) is 6.61 Å². The molecule has 6 heteroatoms. The Morgan fingerprint density at radius 3 is 2.43 bits per heavy atom. The van der Waals surface area contributed by atoms with Crippen LogP contribution in [-0.4, -0.2) is 50.0 Å². The Kier molecular flexibility index (Phi) is 8.29. The molecule has 1 amide bonds. The highest BCUT2D eigenvalue weighted by Crippen LogP contribution is 2.32. The first-order chi connectivity index (χ1) is 18.1. The van der Waals surface area contributed by atoms with Gasteiger partial charge in [-0.3, -0.25) is 9.69 Å². The number of benzene rings is 3. The number of carbonyl (C=O) groups excluding carboxylic acids is 1. The first-order valence-electron chi connectivity index (χ1n) is 12.9. The molecule has 0 radical (unpaired) electrons. The van der Waals surface area contributed by atoms with Crippen molar-refractivity contribution in [3.05, 3.63) is 83.4 Å². The summed E-state index contributed by atoms with van der Waals surface area (Å²) in [7, 11) is 2.18. The molecule has 3 aromatic rings. The maximum Gasteiger partial charge on any atom is 0.251 e. The molecule has 0 aromatic heterocycles. The molecule has 1 fully saturated rings. The summed E-state index contributed by atoms with van der Waals surface area (Å²) in [4.78, 5) is 16.8. The number of hydrogen-bond donors (Lipinski definition) is 1. The first kappa shape index (κ1) is 25.6. The lowest BCUT2D eigenvalue weighted by Gasteiger charge is -2.31. The third-order valence-corrected chi connectivity index (χ3v) is 7.89. The highest BCUT2D eigenvalue weighted by atomic mass is 32.2. The van der Waals surface area contributed by atoms with Crippen molar-refractivity contribution in [3.63, 3.8) is 0 Å². The van der Waals surface area contributed by atoms with Crippen molar-refractivity contribution < 1.29 is 14.3 Å². The van der Waals surface area contributed by atoms with E-state index in [1.807, 2.05) is 24.3 Å². The van der Waals surface area contributed by atoms with Crippen LogP contribution in [0.25, 0.3) is 17.2 Å². The summed E-state index contributed by atoms with van der Waals surface area (Å²) in [5, 5.41) is 3.08. The van der Waals surface area contributed by atoms with E-state index in [1.165, 1.54) is 10.5 Å². The van der Waals surface area contributed by atoms with Crippen LogP contribution in [0.4, 0.5) is 5.69 Å². The third kappa shape index (κ3) is 6.45. The Bertz CT molecular complexity index is 1250. The smallest absolute Gasteiger partial charge is 0.251 e. The molecule has 2 aliphatic rings. The summed E-state index contributed by atoms with van der Waals surface area (Å²) in [6.07, 6.45) is 6.77. The number of hydrogen-bond acceptors (Lipinski definition) is 5. The van der Waals surface area contributed by atoms with Crippen molar-refractivity contribution in [2.45, 2.75) is 36.7 Å². The molecular formula is C31H34N2O3S. The topological polar surface area (TPSA) is 50.8 Å². The summed E-state index contributed by atoms with van der Waals surface area (Å²) < 4.78 is 11.4. The van der Waals surface area contributed by atoms with Crippen LogP contribution in [0.3, 0.4) is 0 Å². The largest absolute Gasteiger partial charge is 0.493 e. The van der Waals surface area contributed by atoms with E-state index in [2.05, 4.69) is 72.1 Å². The average molecular weight is 515 g/mol. The molecule has 192 valence electrons. The van der Waals surface area contributed by atoms with E-state index < -0.39 is 0 Å². The molecule has 5 nitrogen and oxygen atoms in total. The van der Waals surface area contributed by atoms with E-state index in [0.717, 1.165) is 66.3 Å². The number of ether oxygens (including phenoxy) is 2. The van der Waals surface area contributed by atoms with E-state index >= 15 is 0 Å². The van der Waals surface area contributed by atoms with Crippen LogP contribution in [0.2, 0.25) is 0 Å². The van der Waals surface area contributed by atoms with Gasteiger partial charge in [0.15, 0.2) is 0 Å². The van der Waals surface area contributed by atoms with Crippen molar-refractivity contribution in [1.29, 1.82) is 0 Å². The molecule has 2 heterocycles. The molecule has 0 spiro atoms. The fourth-order valence-electron chi connectivity index (χ4n) is 4.91. The standard InChI is InChI=1S/C31H34N2O3S/c1-33(28-14-16-35-17-15-28)21-22-3-8-27(9-4-22)32-31(34)25-13-18-36-30-12-7-24(19-26(30)20-25)23-5-10-29(37-2)11-6-23/h3-12,19-20,28H,13-18,21H2,1-2H3,(H,32,34). The molecule has 1 N–H and O–H groups in total. The van der Waals surface area contributed by atoms with E-state index in [4.69, 9.17) is 9.47 Å². The molecule has 0 aliphatic carbocycles. The highest BCUT2D eigenvalue weighted by Gasteiger charge is 2.19. The predicted molar refractivity (Wildman–Crippen MR) is 152 cm³/mol. The van der Waals surface area contributed by atoms with Crippen molar-refractivity contribution in [1.82, 2.24) is 4.90 Å². The second-order valence-electron chi connectivity index (χ2n) is 9.66. The Labute approximate surface area is 223 Å². The van der Waals surface area contributed by atoms with Crippen LogP contribution in [-0.2, 0) is 16.1 Å². The van der Waals surface area contributed by atoms with Gasteiger partial charge in [0, 0.05) is 53.9 Å². The molecule has 1 saturated heterocycles. The third-order valence-electron chi connectivity index (χ3n) is 7.14. The van der Waals surface area contributed by atoms with Gasteiger partial charge in [0.25, 0.3) is 5.91 Å². The molecule has 0 bridgehead atoms. The number of rotatable bonds is 7. The van der Waals surface area contributed by atoms with E-state index in [1.54, 1.807) is 11.8 Å². The van der Waals surface area contributed by atoms with Crippen LogP contribution in [0.15, 0.2) is 77.2 Å². The lowest BCUT2D eigenvalue weighted by molar-refractivity contribution is -0.113. The fraction of sp³-hybridized carbons (Fsp3) is 0.323. The molecule has 5 rings (SSSR count). The van der Waals surface area contributed by atoms with Gasteiger partial charge in [-0.15, -0.1) is 11.8 Å². The monoisotopic (exact) mass is 514 g/mol. The van der Waals surface area contributed by atoms with Crippen molar-refractivity contribution >= 4 is 29.4 Å². The summed E-state index contributed by atoms with van der Waals surface area (Å²) in [5.74, 6) is 0.725. The number of carbonyl (C=O) groups is 1. The summed E-state index contributed by atoms with van der Waals surface area (Å²) >= 11 is 1.73. The zero-order valence-corrected chi connectivity index (χ0v) is 22.4. The second-order valence-corrected chi connectivity index (χ2v) is 10.5. The number of anilines is 1. The highest BCUT2D eigenvalue weighted by molar-refractivity contribution is 7.98. The first-order valence-corrected chi connectivity index (χ1v) is 14.1. The van der Waals surface area contributed by atoms with Gasteiger partial charge in [0.2, 0.25) is 0 Å². The van der Waals surface area contributed by atoms with Gasteiger partial charge in [0.1, 0.15) is 5.75 Å². The van der Waals surface area contributed by atoms with Crippen LogP contribution in [0.5, 0.6) is 5.75 Å².